The zero-order valence-electron chi connectivity index (χ0n) is 11.0. The quantitative estimate of drug-likeness (QED) is 0.330. The van der Waals surface area contributed by atoms with Gasteiger partial charge in [0.25, 0.3) is 0 Å². The predicted molar refractivity (Wildman–Crippen MR) is 68.7 cm³/mol. The molecule has 1 unspecified atom stereocenters. The highest BCUT2D eigenvalue weighted by Gasteiger charge is 2.20. The number of rotatable bonds is 9. The Morgan fingerprint density at radius 2 is 2.06 bits per heavy atom. The summed E-state index contributed by atoms with van der Waals surface area (Å²) in [5, 5.41) is 20.8. The van der Waals surface area contributed by atoms with Crippen molar-refractivity contribution in [3.63, 3.8) is 0 Å². The fourth-order valence-electron chi connectivity index (χ4n) is 1.63. The second kappa shape index (κ2) is 9.19. The van der Waals surface area contributed by atoms with E-state index < -0.39 is 18.2 Å². The number of aliphatic hydroxyl groups excluding tert-OH is 1. The zero-order chi connectivity index (χ0) is 13.3. The van der Waals surface area contributed by atoms with Crippen molar-refractivity contribution < 1.29 is 15.0 Å². The van der Waals surface area contributed by atoms with Crippen molar-refractivity contribution in [1.82, 2.24) is 5.32 Å². The van der Waals surface area contributed by atoms with Crippen LogP contribution in [0.1, 0.15) is 46.5 Å². The van der Waals surface area contributed by atoms with Crippen molar-refractivity contribution in [2.75, 3.05) is 0 Å². The van der Waals surface area contributed by atoms with Crippen LogP contribution in [-0.4, -0.2) is 28.5 Å². The van der Waals surface area contributed by atoms with Crippen LogP contribution in [-0.2, 0) is 4.79 Å². The van der Waals surface area contributed by atoms with Gasteiger partial charge in [-0.1, -0.05) is 38.8 Å². The van der Waals surface area contributed by atoms with Crippen LogP contribution in [0.3, 0.4) is 0 Å². The lowest BCUT2D eigenvalue weighted by Gasteiger charge is -2.18. The summed E-state index contributed by atoms with van der Waals surface area (Å²) >= 11 is 0. The molecule has 0 aliphatic heterocycles. The largest absolute Gasteiger partial charge is 0.480 e. The van der Waals surface area contributed by atoms with Crippen LogP contribution in [0.25, 0.3) is 0 Å². The van der Waals surface area contributed by atoms with Crippen molar-refractivity contribution in [2.24, 2.45) is 5.92 Å². The summed E-state index contributed by atoms with van der Waals surface area (Å²) in [5.41, 5.74) is 0. The van der Waals surface area contributed by atoms with Gasteiger partial charge in [-0.3, -0.25) is 10.1 Å². The molecule has 17 heavy (non-hydrogen) atoms. The van der Waals surface area contributed by atoms with Gasteiger partial charge in [0, 0.05) is 0 Å². The third-order valence-corrected chi connectivity index (χ3v) is 2.54. The van der Waals surface area contributed by atoms with Crippen LogP contribution in [0.5, 0.6) is 0 Å². The van der Waals surface area contributed by atoms with Crippen LogP contribution in [0.2, 0.25) is 0 Å². The normalized spacial score (nSPS) is 16.9. The van der Waals surface area contributed by atoms with E-state index in [4.69, 9.17) is 10.2 Å². The summed E-state index contributed by atoms with van der Waals surface area (Å²) in [6.45, 7) is 5.66. The minimum Gasteiger partial charge on any atom is -0.480 e. The number of aliphatic hydroxyl groups is 1. The van der Waals surface area contributed by atoms with E-state index in [0.29, 0.717) is 6.42 Å². The first-order chi connectivity index (χ1) is 7.97. The standard InChI is InChI=1S/C13H25NO3/c1-4-5-6-7-8-10(2)9-12(13(16)17)14-11(3)15/h7-8,10-12,14-15H,4-6,9H2,1-3H3,(H,16,17)/b8-7-/t10-,11-,12?/m1/s1. The molecular weight excluding hydrogens is 218 g/mol. The molecule has 0 aromatic heterocycles. The molecule has 3 atom stereocenters. The van der Waals surface area contributed by atoms with Gasteiger partial charge in [-0.05, 0) is 25.7 Å². The van der Waals surface area contributed by atoms with Crippen LogP contribution in [0.15, 0.2) is 12.2 Å². The van der Waals surface area contributed by atoms with E-state index in [0.717, 1.165) is 12.8 Å². The number of carbonyl (C=O) groups is 1. The van der Waals surface area contributed by atoms with Gasteiger partial charge in [-0.15, -0.1) is 0 Å². The van der Waals surface area contributed by atoms with Crippen molar-refractivity contribution in [1.29, 1.82) is 0 Å². The Morgan fingerprint density at radius 3 is 2.53 bits per heavy atom. The molecule has 0 saturated heterocycles. The summed E-state index contributed by atoms with van der Waals surface area (Å²) in [4.78, 5) is 10.9. The number of carboxylic acids is 1. The van der Waals surface area contributed by atoms with E-state index in [9.17, 15) is 4.79 Å². The SMILES string of the molecule is CCCC/C=C\[C@@H](C)CC(N[C@@H](C)O)C(=O)O. The predicted octanol–water partition coefficient (Wildman–Crippen LogP) is 2.14. The number of carboxylic acid groups (broad SMARTS) is 1. The maximum atomic E-state index is 10.9. The van der Waals surface area contributed by atoms with E-state index in [1.165, 1.54) is 13.3 Å². The smallest absolute Gasteiger partial charge is 0.320 e. The summed E-state index contributed by atoms with van der Waals surface area (Å²) < 4.78 is 0. The molecule has 0 aromatic rings. The fourth-order valence-corrected chi connectivity index (χ4v) is 1.63. The molecule has 0 amide bonds. The Balaban J connectivity index is 4.07. The second-order valence-electron chi connectivity index (χ2n) is 4.52. The molecule has 100 valence electrons. The molecule has 0 heterocycles. The third-order valence-electron chi connectivity index (χ3n) is 2.54. The Morgan fingerprint density at radius 1 is 1.41 bits per heavy atom. The zero-order valence-corrected chi connectivity index (χ0v) is 11.0. The van der Waals surface area contributed by atoms with E-state index >= 15 is 0 Å². The molecule has 0 aromatic carbocycles. The van der Waals surface area contributed by atoms with Gasteiger partial charge in [0.1, 0.15) is 12.3 Å². The second-order valence-corrected chi connectivity index (χ2v) is 4.52. The molecule has 0 aliphatic carbocycles. The van der Waals surface area contributed by atoms with Gasteiger partial charge in [-0.25, -0.2) is 0 Å². The van der Waals surface area contributed by atoms with Gasteiger partial charge in [0.2, 0.25) is 0 Å². The molecule has 4 heteroatoms. The number of hydrogen-bond acceptors (Lipinski definition) is 3. The van der Waals surface area contributed by atoms with Crippen molar-refractivity contribution in [3.05, 3.63) is 12.2 Å². The minimum absolute atomic E-state index is 0.194. The third kappa shape index (κ3) is 8.89. The van der Waals surface area contributed by atoms with Gasteiger partial charge in [0.05, 0.1) is 0 Å². The first kappa shape index (κ1) is 16.1. The molecule has 0 radical (unpaired) electrons. The lowest BCUT2D eigenvalue weighted by atomic mass is 10.0. The highest BCUT2D eigenvalue weighted by Crippen LogP contribution is 2.10. The van der Waals surface area contributed by atoms with E-state index in [1.807, 2.05) is 6.92 Å². The summed E-state index contributed by atoms with van der Waals surface area (Å²) in [6.07, 6.45) is 7.22. The lowest BCUT2D eigenvalue weighted by molar-refractivity contribution is -0.140. The fraction of sp³-hybridized carbons (Fsp3) is 0.769. The van der Waals surface area contributed by atoms with Crippen molar-refractivity contribution in [3.8, 4) is 0 Å². The van der Waals surface area contributed by atoms with Gasteiger partial charge in [0.15, 0.2) is 0 Å². The van der Waals surface area contributed by atoms with E-state index in [1.54, 1.807) is 0 Å². The average molecular weight is 243 g/mol. The summed E-state index contributed by atoms with van der Waals surface area (Å²) in [6, 6.07) is -0.694. The first-order valence-electron chi connectivity index (χ1n) is 6.31. The molecule has 0 spiro atoms. The molecule has 3 N–H and O–H groups in total. The average Bonchev–Trinajstić information content (AvgIpc) is 2.22. The van der Waals surface area contributed by atoms with Crippen LogP contribution >= 0.6 is 0 Å². The van der Waals surface area contributed by atoms with Crippen molar-refractivity contribution >= 4 is 5.97 Å². The minimum atomic E-state index is -0.917. The molecule has 0 rings (SSSR count). The molecular formula is C13H25NO3. The van der Waals surface area contributed by atoms with Crippen LogP contribution < -0.4 is 5.32 Å². The number of allylic oxidation sites excluding steroid dienone is 2. The molecule has 0 aliphatic rings. The molecule has 0 fully saturated rings. The number of unbranched alkanes of at least 4 members (excludes halogenated alkanes) is 2. The summed E-state index contributed by atoms with van der Waals surface area (Å²) in [5.74, 6) is -0.723. The summed E-state index contributed by atoms with van der Waals surface area (Å²) in [7, 11) is 0. The Bertz CT molecular complexity index is 239. The Hall–Kier alpha value is -0.870. The lowest BCUT2D eigenvalue weighted by Crippen LogP contribution is -2.42. The van der Waals surface area contributed by atoms with Crippen molar-refractivity contribution in [2.45, 2.75) is 58.7 Å². The molecule has 0 saturated carbocycles. The highest BCUT2D eigenvalue weighted by molar-refractivity contribution is 5.73. The highest BCUT2D eigenvalue weighted by atomic mass is 16.4. The van der Waals surface area contributed by atoms with E-state index in [2.05, 4.69) is 24.4 Å². The van der Waals surface area contributed by atoms with Crippen LogP contribution in [0, 0.1) is 5.92 Å². The maximum absolute atomic E-state index is 10.9. The number of aliphatic carboxylic acids is 1. The van der Waals surface area contributed by atoms with Crippen LogP contribution in [0.4, 0.5) is 0 Å². The topological polar surface area (TPSA) is 69.6 Å². The maximum Gasteiger partial charge on any atom is 0.320 e. The van der Waals surface area contributed by atoms with Gasteiger partial charge in [-0.2, -0.15) is 0 Å². The Kier molecular flexibility index (Phi) is 8.72. The molecule has 4 nitrogen and oxygen atoms in total. The first-order valence-corrected chi connectivity index (χ1v) is 6.31. The Labute approximate surface area is 104 Å². The van der Waals surface area contributed by atoms with Gasteiger partial charge >= 0.3 is 5.97 Å². The molecule has 0 bridgehead atoms. The van der Waals surface area contributed by atoms with E-state index in [-0.39, 0.29) is 5.92 Å². The number of nitrogens with one attached hydrogen (secondary N) is 1. The van der Waals surface area contributed by atoms with Gasteiger partial charge < -0.3 is 10.2 Å². The number of hydrogen-bond donors (Lipinski definition) is 3. The monoisotopic (exact) mass is 243 g/mol.